The number of aliphatic carboxylic acids is 1. The largest absolute Gasteiger partial charge is 0.497 e. The summed E-state index contributed by atoms with van der Waals surface area (Å²) in [6.45, 7) is 6.47. The highest BCUT2D eigenvalue weighted by Gasteiger charge is 2.21. The number of methoxy groups -OCH3 is 2. The van der Waals surface area contributed by atoms with Gasteiger partial charge in [0.2, 0.25) is 0 Å². The molecule has 1 N–H and O–H groups in total. The summed E-state index contributed by atoms with van der Waals surface area (Å²) in [5.74, 6) is 1.39. The van der Waals surface area contributed by atoms with Crippen molar-refractivity contribution in [2.75, 3.05) is 34.0 Å². The Morgan fingerprint density at radius 3 is 1.97 bits per heavy atom. The van der Waals surface area contributed by atoms with E-state index in [0.29, 0.717) is 29.4 Å². The zero-order valence-electron chi connectivity index (χ0n) is 22.9. The number of nitrogens with zero attached hydrogens (tertiary/aromatic N) is 1. The quantitative estimate of drug-likeness (QED) is 0.300. The van der Waals surface area contributed by atoms with Gasteiger partial charge in [0, 0.05) is 6.54 Å². The molecule has 208 valence electrons. The second-order valence-electron chi connectivity index (χ2n) is 9.75. The van der Waals surface area contributed by atoms with E-state index in [1.165, 1.54) is 19.8 Å². The van der Waals surface area contributed by atoms with Crippen LogP contribution in [0.5, 0.6) is 28.7 Å². The molecule has 0 atom stereocenters. The number of carbonyl (C=O) groups excluding carboxylic acids is 1. The second-order valence-corrected chi connectivity index (χ2v) is 9.75. The third kappa shape index (κ3) is 8.84. The molecule has 3 rings (SSSR count). The summed E-state index contributed by atoms with van der Waals surface area (Å²) in [7, 11) is 3.05. The van der Waals surface area contributed by atoms with E-state index in [2.05, 4.69) is 20.8 Å². The van der Waals surface area contributed by atoms with Gasteiger partial charge in [0.15, 0.2) is 11.5 Å². The van der Waals surface area contributed by atoms with E-state index in [1.54, 1.807) is 42.5 Å². The fourth-order valence-electron chi connectivity index (χ4n) is 3.67. The van der Waals surface area contributed by atoms with Crippen molar-refractivity contribution in [3.63, 3.8) is 0 Å². The van der Waals surface area contributed by atoms with Crippen molar-refractivity contribution in [1.82, 2.24) is 4.90 Å². The van der Waals surface area contributed by atoms with Crippen LogP contribution in [-0.2, 0) is 16.8 Å². The van der Waals surface area contributed by atoms with Crippen LogP contribution in [0.15, 0.2) is 66.7 Å². The number of carbonyl (C=O) groups is 2. The van der Waals surface area contributed by atoms with Gasteiger partial charge < -0.3 is 28.8 Å². The van der Waals surface area contributed by atoms with E-state index in [1.807, 2.05) is 24.3 Å². The van der Waals surface area contributed by atoms with Gasteiger partial charge in [-0.15, -0.1) is 0 Å². The van der Waals surface area contributed by atoms with Crippen LogP contribution in [0, 0.1) is 0 Å². The smallest absolute Gasteiger partial charge is 0.416 e. The highest BCUT2D eigenvalue weighted by Crippen LogP contribution is 2.29. The molecular weight excluding hydrogens is 502 g/mol. The Kier molecular flexibility index (Phi) is 10.0. The Balaban J connectivity index is 1.63. The first kappa shape index (κ1) is 29.2. The number of ether oxygens (including phenoxy) is 5. The molecule has 0 aliphatic carbocycles. The molecule has 3 aromatic rings. The van der Waals surface area contributed by atoms with E-state index >= 15 is 0 Å². The molecule has 0 aromatic heterocycles. The van der Waals surface area contributed by atoms with Crippen LogP contribution in [0.25, 0.3) is 0 Å². The maximum absolute atomic E-state index is 12.8. The number of carboxylic acid groups (broad SMARTS) is 1. The van der Waals surface area contributed by atoms with Gasteiger partial charge in [-0.2, -0.15) is 0 Å². The molecule has 0 heterocycles. The number of rotatable bonds is 12. The molecule has 3 aromatic carbocycles. The molecule has 0 saturated heterocycles. The van der Waals surface area contributed by atoms with E-state index in [0.717, 1.165) is 10.6 Å². The molecule has 0 saturated carbocycles. The lowest BCUT2D eigenvalue weighted by molar-refractivity contribution is -0.138. The highest BCUT2D eigenvalue weighted by atomic mass is 16.6. The van der Waals surface area contributed by atoms with Gasteiger partial charge in [-0.3, -0.25) is 9.69 Å². The molecule has 0 unspecified atom stereocenters. The summed E-state index contributed by atoms with van der Waals surface area (Å²) in [6.07, 6.45) is -0.799. The topological polar surface area (TPSA) is 104 Å². The van der Waals surface area contributed by atoms with Crippen molar-refractivity contribution in [3.05, 3.63) is 77.9 Å². The number of hydrogen-bond donors (Lipinski definition) is 1. The first-order valence-corrected chi connectivity index (χ1v) is 12.4. The van der Waals surface area contributed by atoms with Gasteiger partial charge in [-0.1, -0.05) is 39.0 Å². The second kappa shape index (κ2) is 13.4. The predicted molar refractivity (Wildman–Crippen MR) is 146 cm³/mol. The normalized spacial score (nSPS) is 10.9. The zero-order chi connectivity index (χ0) is 28.4. The number of amides is 1. The lowest BCUT2D eigenvalue weighted by Crippen LogP contribution is -2.37. The van der Waals surface area contributed by atoms with Gasteiger partial charge in [0.05, 0.1) is 14.2 Å². The fraction of sp³-hybridized carbons (Fsp3) is 0.333. The molecule has 9 heteroatoms. The van der Waals surface area contributed by atoms with E-state index < -0.39 is 18.6 Å². The molecule has 0 bridgehead atoms. The SMILES string of the molecule is COc1ccc(OC(=O)N(CC(=O)O)Cc2ccc(OC)c(OCCOc3ccc(C(C)(C)C)cc3)c2)cc1. The van der Waals surface area contributed by atoms with Gasteiger partial charge in [-0.05, 0) is 65.1 Å². The predicted octanol–water partition coefficient (Wildman–Crippen LogP) is 5.54. The van der Waals surface area contributed by atoms with E-state index in [4.69, 9.17) is 23.7 Å². The van der Waals surface area contributed by atoms with Gasteiger partial charge in [0.25, 0.3) is 0 Å². The van der Waals surface area contributed by atoms with Crippen molar-refractivity contribution in [3.8, 4) is 28.7 Å². The molecule has 1 amide bonds. The minimum Gasteiger partial charge on any atom is -0.497 e. The minimum atomic E-state index is -1.17. The van der Waals surface area contributed by atoms with Crippen molar-refractivity contribution >= 4 is 12.1 Å². The summed E-state index contributed by atoms with van der Waals surface area (Å²) < 4.78 is 27.6. The maximum Gasteiger partial charge on any atom is 0.416 e. The zero-order valence-corrected chi connectivity index (χ0v) is 22.9. The molecule has 0 spiro atoms. The molecule has 0 radical (unpaired) electrons. The molecule has 0 fully saturated rings. The summed E-state index contributed by atoms with van der Waals surface area (Å²) in [5.41, 5.74) is 1.92. The average Bonchev–Trinajstić information content (AvgIpc) is 2.91. The van der Waals surface area contributed by atoms with Crippen molar-refractivity contribution in [1.29, 1.82) is 0 Å². The van der Waals surface area contributed by atoms with Crippen molar-refractivity contribution in [2.45, 2.75) is 32.7 Å². The Morgan fingerprint density at radius 2 is 1.38 bits per heavy atom. The highest BCUT2D eigenvalue weighted by molar-refractivity contribution is 5.78. The third-order valence-corrected chi connectivity index (χ3v) is 5.78. The average molecular weight is 538 g/mol. The lowest BCUT2D eigenvalue weighted by atomic mass is 9.87. The lowest BCUT2D eigenvalue weighted by Gasteiger charge is -2.21. The Bertz CT molecular complexity index is 1230. The van der Waals surface area contributed by atoms with Crippen LogP contribution in [0.1, 0.15) is 31.9 Å². The van der Waals surface area contributed by atoms with E-state index in [9.17, 15) is 14.7 Å². The molecule has 0 aliphatic heterocycles. The first-order valence-electron chi connectivity index (χ1n) is 12.4. The number of hydrogen-bond acceptors (Lipinski definition) is 7. The van der Waals surface area contributed by atoms with Crippen molar-refractivity contribution < 1.29 is 38.4 Å². The van der Waals surface area contributed by atoms with Crippen LogP contribution in [0.4, 0.5) is 4.79 Å². The Hall–Kier alpha value is -4.40. The van der Waals surface area contributed by atoms with Crippen LogP contribution < -0.4 is 23.7 Å². The van der Waals surface area contributed by atoms with Crippen LogP contribution in [0.3, 0.4) is 0 Å². The van der Waals surface area contributed by atoms with Gasteiger partial charge in [0.1, 0.15) is 37.0 Å². The van der Waals surface area contributed by atoms with Crippen LogP contribution in [0.2, 0.25) is 0 Å². The summed E-state index contributed by atoms with van der Waals surface area (Å²) in [6, 6.07) is 19.5. The molecular formula is C30H35NO8. The summed E-state index contributed by atoms with van der Waals surface area (Å²) in [5, 5.41) is 9.35. The number of benzene rings is 3. The fourth-order valence-corrected chi connectivity index (χ4v) is 3.67. The van der Waals surface area contributed by atoms with Crippen LogP contribution in [-0.4, -0.2) is 56.0 Å². The van der Waals surface area contributed by atoms with Gasteiger partial charge in [-0.25, -0.2) is 4.79 Å². The Labute approximate surface area is 228 Å². The first-order chi connectivity index (χ1) is 18.6. The molecule has 0 aliphatic rings. The maximum atomic E-state index is 12.8. The number of carboxylic acids is 1. The van der Waals surface area contributed by atoms with Crippen LogP contribution >= 0.6 is 0 Å². The minimum absolute atomic E-state index is 0.0156. The standard InChI is InChI=1S/C30H35NO8/c1-30(2,3)22-7-9-24(10-8-22)37-16-17-38-27-18-21(6-15-26(27)36-5)19-31(20-28(32)33)29(34)39-25-13-11-23(35-4)12-14-25/h6-15,18H,16-17,19-20H2,1-5H3,(H,32,33). The molecule has 9 nitrogen and oxygen atoms in total. The van der Waals surface area contributed by atoms with Gasteiger partial charge >= 0.3 is 12.1 Å². The van der Waals surface area contributed by atoms with E-state index in [-0.39, 0.29) is 24.3 Å². The third-order valence-electron chi connectivity index (χ3n) is 5.78. The molecule has 39 heavy (non-hydrogen) atoms. The monoisotopic (exact) mass is 537 g/mol. The summed E-state index contributed by atoms with van der Waals surface area (Å²) >= 11 is 0. The Morgan fingerprint density at radius 1 is 0.769 bits per heavy atom. The van der Waals surface area contributed by atoms with Crippen molar-refractivity contribution in [2.24, 2.45) is 0 Å². The summed E-state index contributed by atoms with van der Waals surface area (Å²) in [4.78, 5) is 25.3.